The molecular weight excluding hydrogens is 218 g/mol. The second kappa shape index (κ2) is 6.97. The van der Waals surface area contributed by atoms with Crippen molar-refractivity contribution in [3.8, 4) is 0 Å². The van der Waals surface area contributed by atoms with E-state index >= 15 is 0 Å². The molecule has 1 heterocycles. The van der Waals surface area contributed by atoms with Crippen molar-refractivity contribution in [1.29, 1.82) is 0 Å². The van der Waals surface area contributed by atoms with Gasteiger partial charge in [0.15, 0.2) is 0 Å². The molecule has 1 rings (SSSR count). The molecule has 0 aromatic carbocycles. The number of piperidine rings is 1. The molecule has 1 saturated heterocycles. The average Bonchev–Trinajstić information content (AvgIpc) is 2.29. The van der Waals surface area contributed by atoms with Crippen molar-refractivity contribution in [2.45, 2.75) is 39.5 Å². The molecule has 1 atom stereocenters. The number of carboxylic acid groups (broad SMARTS) is 1. The minimum absolute atomic E-state index is 0.556. The first kappa shape index (κ1) is 14.5. The van der Waals surface area contributed by atoms with Gasteiger partial charge >= 0.3 is 5.97 Å². The maximum Gasteiger partial charge on any atom is 0.311 e. The average molecular weight is 243 g/mol. The number of aliphatic carboxylic acids is 1. The molecule has 1 aliphatic heterocycles. The van der Waals surface area contributed by atoms with Crippen molar-refractivity contribution in [3.63, 3.8) is 0 Å². The zero-order valence-electron chi connectivity index (χ0n) is 11.0. The van der Waals surface area contributed by atoms with Crippen LogP contribution in [0.4, 0.5) is 0 Å². The Morgan fingerprint density at radius 3 is 2.76 bits per heavy atom. The van der Waals surface area contributed by atoms with Gasteiger partial charge in [0.1, 0.15) is 0 Å². The summed E-state index contributed by atoms with van der Waals surface area (Å²) in [7, 11) is 0. The van der Waals surface area contributed by atoms with E-state index in [1.54, 1.807) is 0 Å². The number of nitrogens with one attached hydrogen (secondary N) is 1. The first-order chi connectivity index (χ1) is 8.07. The Morgan fingerprint density at radius 1 is 1.47 bits per heavy atom. The van der Waals surface area contributed by atoms with Crippen LogP contribution in [0.3, 0.4) is 0 Å². The second-order valence-electron chi connectivity index (χ2n) is 5.41. The summed E-state index contributed by atoms with van der Waals surface area (Å²) >= 11 is 0. The van der Waals surface area contributed by atoms with Crippen molar-refractivity contribution in [1.82, 2.24) is 5.32 Å². The van der Waals surface area contributed by atoms with E-state index in [9.17, 15) is 9.90 Å². The van der Waals surface area contributed by atoms with Gasteiger partial charge in [-0.15, -0.1) is 0 Å². The van der Waals surface area contributed by atoms with Gasteiger partial charge in [0.05, 0.1) is 5.41 Å². The zero-order valence-corrected chi connectivity index (χ0v) is 11.0. The summed E-state index contributed by atoms with van der Waals surface area (Å²) in [4.78, 5) is 11.4. The molecule has 1 fully saturated rings. The summed E-state index contributed by atoms with van der Waals surface area (Å²) in [5.74, 6) is -0.0445. The maximum absolute atomic E-state index is 11.4. The van der Waals surface area contributed by atoms with E-state index in [-0.39, 0.29) is 0 Å². The smallest absolute Gasteiger partial charge is 0.311 e. The fraction of sp³-hybridized carbons (Fsp3) is 0.923. The Hall–Kier alpha value is -0.610. The minimum Gasteiger partial charge on any atom is -0.481 e. The molecule has 1 unspecified atom stereocenters. The third-order valence-electron chi connectivity index (χ3n) is 3.49. The lowest BCUT2D eigenvalue weighted by atomic mass is 9.78. The van der Waals surface area contributed by atoms with Gasteiger partial charge in [-0.05, 0) is 38.1 Å². The van der Waals surface area contributed by atoms with Gasteiger partial charge < -0.3 is 15.2 Å². The molecule has 0 aromatic heterocycles. The Balaban J connectivity index is 2.27. The highest BCUT2D eigenvalue weighted by Gasteiger charge is 2.39. The van der Waals surface area contributed by atoms with Gasteiger partial charge in [-0.25, -0.2) is 0 Å². The molecule has 0 aromatic rings. The lowest BCUT2D eigenvalue weighted by Crippen LogP contribution is -2.46. The van der Waals surface area contributed by atoms with Crippen LogP contribution >= 0.6 is 0 Å². The Morgan fingerprint density at radius 2 is 2.24 bits per heavy atom. The number of ether oxygens (including phenoxy) is 1. The highest BCUT2D eigenvalue weighted by molar-refractivity contribution is 5.75. The van der Waals surface area contributed by atoms with Crippen molar-refractivity contribution >= 4 is 5.97 Å². The standard InChI is InChI=1S/C13H25NO3/c1-11(2)4-8-17-9-6-13(12(15)16)5-3-7-14-10-13/h11,14H,3-10H2,1-2H3,(H,15,16). The number of hydrogen-bond acceptors (Lipinski definition) is 3. The number of hydrogen-bond donors (Lipinski definition) is 2. The van der Waals surface area contributed by atoms with Crippen LogP contribution < -0.4 is 5.32 Å². The van der Waals surface area contributed by atoms with E-state index in [0.29, 0.717) is 25.5 Å². The third kappa shape index (κ3) is 4.64. The summed E-state index contributed by atoms with van der Waals surface area (Å²) in [6, 6.07) is 0. The fourth-order valence-corrected chi connectivity index (χ4v) is 2.16. The van der Waals surface area contributed by atoms with Crippen LogP contribution in [0.2, 0.25) is 0 Å². The van der Waals surface area contributed by atoms with Crippen LogP contribution in [-0.4, -0.2) is 37.4 Å². The molecule has 0 radical (unpaired) electrons. The molecule has 2 N–H and O–H groups in total. The van der Waals surface area contributed by atoms with Crippen molar-refractivity contribution < 1.29 is 14.6 Å². The molecule has 4 heteroatoms. The highest BCUT2D eigenvalue weighted by atomic mass is 16.5. The van der Waals surface area contributed by atoms with E-state index in [4.69, 9.17) is 4.74 Å². The fourth-order valence-electron chi connectivity index (χ4n) is 2.16. The first-order valence-electron chi connectivity index (χ1n) is 6.59. The van der Waals surface area contributed by atoms with Crippen molar-refractivity contribution in [2.75, 3.05) is 26.3 Å². The maximum atomic E-state index is 11.4. The van der Waals surface area contributed by atoms with Gasteiger partial charge in [0.2, 0.25) is 0 Å². The SMILES string of the molecule is CC(C)CCOCCC1(C(=O)O)CCCNC1. The van der Waals surface area contributed by atoms with E-state index in [0.717, 1.165) is 32.4 Å². The topological polar surface area (TPSA) is 58.6 Å². The van der Waals surface area contributed by atoms with Crippen LogP contribution in [0.1, 0.15) is 39.5 Å². The predicted octanol–water partition coefficient (Wildman–Crippen LogP) is 1.89. The molecule has 1 aliphatic rings. The number of rotatable bonds is 7. The molecule has 0 saturated carbocycles. The van der Waals surface area contributed by atoms with Crippen molar-refractivity contribution in [2.24, 2.45) is 11.3 Å². The Labute approximate surface area is 104 Å². The van der Waals surface area contributed by atoms with E-state index in [1.165, 1.54) is 0 Å². The second-order valence-corrected chi connectivity index (χ2v) is 5.41. The molecule has 0 spiro atoms. The molecular formula is C13H25NO3. The van der Waals surface area contributed by atoms with Crippen LogP contribution in [0.5, 0.6) is 0 Å². The number of carbonyl (C=O) groups is 1. The van der Waals surface area contributed by atoms with Gasteiger partial charge in [-0.3, -0.25) is 4.79 Å². The summed E-state index contributed by atoms with van der Waals surface area (Å²) < 4.78 is 5.53. The molecule has 0 amide bonds. The molecule has 4 nitrogen and oxygen atoms in total. The summed E-state index contributed by atoms with van der Waals surface area (Å²) in [6.07, 6.45) is 3.37. The first-order valence-corrected chi connectivity index (χ1v) is 6.59. The summed E-state index contributed by atoms with van der Waals surface area (Å²) in [5.41, 5.74) is -0.601. The molecule has 0 bridgehead atoms. The number of carboxylic acids is 1. The van der Waals surface area contributed by atoms with Crippen molar-refractivity contribution in [3.05, 3.63) is 0 Å². The van der Waals surface area contributed by atoms with Gasteiger partial charge in [-0.1, -0.05) is 13.8 Å². The van der Waals surface area contributed by atoms with Crippen LogP contribution in [0, 0.1) is 11.3 Å². The Kier molecular flexibility index (Phi) is 5.92. The predicted molar refractivity (Wildman–Crippen MR) is 67.1 cm³/mol. The van der Waals surface area contributed by atoms with Gasteiger partial charge in [0.25, 0.3) is 0 Å². The largest absolute Gasteiger partial charge is 0.481 e. The van der Waals surface area contributed by atoms with E-state index < -0.39 is 11.4 Å². The highest BCUT2D eigenvalue weighted by Crippen LogP contribution is 2.30. The van der Waals surface area contributed by atoms with Crippen LogP contribution in [0.25, 0.3) is 0 Å². The Bertz CT molecular complexity index is 235. The minimum atomic E-state index is -0.683. The third-order valence-corrected chi connectivity index (χ3v) is 3.49. The zero-order chi connectivity index (χ0) is 12.7. The van der Waals surface area contributed by atoms with Gasteiger partial charge in [0, 0.05) is 19.8 Å². The summed E-state index contributed by atoms with van der Waals surface area (Å²) in [5, 5.41) is 12.5. The van der Waals surface area contributed by atoms with Crippen LogP contribution in [-0.2, 0) is 9.53 Å². The molecule has 0 aliphatic carbocycles. The monoisotopic (exact) mass is 243 g/mol. The quantitative estimate of drug-likeness (QED) is 0.670. The molecule has 100 valence electrons. The van der Waals surface area contributed by atoms with E-state index in [1.807, 2.05) is 0 Å². The van der Waals surface area contributed by atoms with Crippen LogP contribution in [0.15, 0.2) is 0 Å². The normalized spacial score (nSPS) is 25.1. The molecule has 17 heavy (non-hydrogen) atoms. The lowest BCUT2D eigenvalue weighted by molar-refractivity contribution is -0.151. The van der Waals surface area contributed by atoms with E-state index in [2.05, 4.69) is 19.2 Å². The van der Waals surface area contributed by atoms with Gasteiger partial charge in [-0.2, -0.15) is 0 Å². The summed E-state index contributed by atoms with van der Waals surface area (Å²) in [6.45, 7) is 7.13. The lowest BCUT2D eigenvalue weighted by Gasteiger charge is -2.33.